The quantitative estimate of drug-likeness (QED) is 0.747. The van der Waals surface area contributed by atoms with E-state index in [0.29, 0.717) is 11.5 Å². The standard InChI is InChI=1S/C19H16FN5O2/c1-11-2-4-12(5-3-11)17-23-19-22-16(26)10-15(25(19)24-17)18(27)21-14-8-6-13(20)7-9-14/h2-9,15H,10H2,1H3,(H,21,27)(H,22,23,24,26)/t15-/m0/s1. The van der Waals surface area contributed by atoms with Gasteiger partial charge in [-0.15, -0.1) is 5.10 Å². The number of aromatic nitrogens is 3. The Labute approximate surface area is 154 Å². The fourth-order valence-electron chi connectivity index (χ4n) is 2.85. The average Bonchev–Trinajstić information content (AvgIpc) is 3.07. The van der Waals surface area contributed by atoms with Crippen molar-refractivity contribution in [2.75, 3.05) is 10.6 Å². The summed E-state index contributed by atoms with van der Waals surface area (Å²) in [5, 5.41) is 9.73. The van der Waals surface area contributed by atoms with E-state index in [2.05, 4.69) is 20.7 Å². The van der Waals surface area contributed by atoms with Crippen LogP contribution in [-0.4, -0.2) is 26.6 Å². The number of carbonyl (C=O) groups is 2. The molecule has 4 rings (SSSR count). The smallest absolute Gasteiger partial charge is 0.249 e. The minimum atomic E-state index is -0.842. The first-order valence-electron chi connectivity index (χ1n) is 8.39. The average molecular weight is 365 g/mol. The lowest BCUT2D eigenvalue weighted by atomic mass is 10.1. The Kier molecular flexibility index (Phi) is 4.15. The summed E-state index contributed by atoms with van der Waals surface area (Å²) in [7, 11) is 0. The second-order valence-electron chi connectivity index (χ2n) is 6.33. The first kappa shape index (κ1) is 16.9. The Morgan fingerprint density at radius 1 is 1.19 bits per heavy atom. The molecule has 1 atom stereocenters. The molecule has 1 aromatic heterocycles. The predicted molar refractivity (Wildman–Crippen MR) is 97.5 cm³/mol. The fourth-order valence-corrected chi connectivity index (χ4v) is 2.85. The molecule has 1 aliphatic heterocycles. The van der Waals surface area contributed by atoms with E-state index in [0.717, 1.165) is 11.1 Å². The Bertz CT molecular complexity index is 1010. The van der Waals surface area contributed by atoms with Crippen molar-refractivity contribution < 1.29 is 14.0 Å². The molecule has 0 aliphatic carbocycles. The number of anilines is 2. The molecule has 0 spiro atoms. The summed E-state index contributed by atoms with van der Waals surface area (Å²) in [6.07, 6.45) is -0.0588. The second-order valence-corrected chi connectivity index (χ2v) is 6.33. The lowest BCUT2D eigenvalue weighted by Crippen LogP contribution is -2.36. The zero-order chi connectivity index (χ0) is 19.0. The summed E-state index contributed by atoms with van der Waals surface area (Å²) in [4.78, 5) is 29.0. The fraction of sp³-hybridized carbons (Fsp3) is 0.158. The number of rotatable bonds is 3. The molecule has 2 N–H and O–H groups in total. The number of nitrogens with one attached hydrogen (secondary N) is 2. The molecular formula is C19H16FN5O2. The Morgan fingerprint density at radius 2 is 1.89 bits per heavy atom. The van der Waals surface area contributed by atoms with Crippen LogP contribution in [0.15, 0.2) is 48.5 Å². The third kappa shape index (κ3) is 3.41. The van der Waals surface area contributed by atoms with Gasteiger partial charge in [0.1, 0.15) is 11.9 Å². The highest BCUT2D eigenvalue weighted by Gasteiger charge is 2.33. The molecule has 0 saturated carbocycles. The van der Waals surface area contributed by atoms with Crippen molar-refractivity contribution in [3.63, 3.8) is 0 Å². The van der Waals surface area contributed by atoms with Crippen molar-refractivity contribution in [1.82, 2.24) is 14.8 Å². The summed E-state index contributed by atoms with van der Waals surface area (Å²) in [5.74, 6) is -0.484. The summed E-state index contributed by atoms with van der Waals surface area (Å²) in [6.45, 7) is 1.98. The summed E-state index contributed by atoms with van der Waals surface area (Å²) >= 11 is 0. The lowest BCUT2D eigenvalue weighted by molar-refractivity contribution is -0.125. The number of carbonyl (C=O) groups excluding carboxylic acids is 2. The molecule has 7 nitrogen and oxygen atoms in total. The topological polar surface area (TPSA) is 88.9 Å². The van der Waals surface area contributed by atoms with Gasteiger partial charge in [0.25, 0.3) is 0 Å². The Hall–Kier alpha value is -3.55. The van der Waals surface area contributed by atoms with Gasteiger partial charge < -0.3 is 5.32 Å². The maximum atomic E-state index is 13.0. The monoisotopic (exact) mass is 365 g/mol. The van der Waals surface area contributed by atoms with Crippen molar-refractivity contribution in [3.05, 3.63) is 59.9 Å². The van der Waals surface area contributed by atoms with Crippen molar-refractivity contribution in [1.29, 1.82) is 0 Å². The van der Waals surface area contributed by atoms with Crippen LogP contribution in [0.1, 0.15) is 18.0 Å². The van der Waals surface area contributed by atoms with Crippen LogP contribution in [0.3, 0.4) is 0 Å². The molecule has 0 saturated heterocycles. The second kappa shape index (κ2) is 6.64. The molecule has 1 aliphatic rings. The first-order valence-corrected chi connectivity index (χ1v) is 8.39. The van der Waals surface area contributed by atoms with Gasteiger partial charge in [0.2, 0.25) is 17.8 Å². The van der Waals surface area contributed by atoms with E-state index in [4.69, 9.17) is 0 Å². The summed E-state index contributed by atoms with van der Waals surface area (Å²) < 4.78 is 14.4. The minimum Gasteiger partial charge on any atom is -0.324 e. The lowest BCUT2D eigenvalue weighted by Gasteiger charge is -2.22. The number of amides is 2. The third-order valence-electron chi connectivity index (χ3n) is 4.28. The zero-order valence-corrected chi connectivity index (χ0v) is 14.4. The van der Waals surface area contributed by atoms with Gasteiger partial charge in [0.05, 0.1) is 6.42 Å². The van der Waals surface area contributed by atoms with Crippen LogP contribution in [0, 0.1) is 12.7 Å². The van der Waals surface area contributed by atoms with Crippen LogP contribution in [0.4, 0.5) is 16.0 Å². The third-order valence-corrected chi connectivity index (χ3v) is 4.28. The van der Waals surface area contributed by atoms with E-state index in [1.165, 1.54) is 28.9 Å². The van der Waals surface area contributed by atoms with Crippen LogP contribution in [0.25, 0.3) is 11.4 Å². The molecule has 0 fully saturated rings. The number of fused-ring (bicyclic) bond motifs is 1. The van der Waals surface area contributed by atoms with Crippen LogP contribution >= 0.6 is 0 Å². The van der Waals surface area contributed by atoms with Crippen LogP contribution < -0.4 is 10.6 Å². The number of aryl methyl sites for hydroxylation is 1. The van der Waals surface area contributed by atoms with Crippen molar-refractivity contribution in [3.8, 4) is 11.4 Å². The molecule has 0 bridgehead atoms. The number of halogens is 1. The first-order chi connectivity index (χ1) is 13.0. The SMILES string of the molecule is Cc1ccc(-c2nc3n(n2)[C@H](C(=O)Nc2ccc(F)cc2)CC(=O)N3)cc1. The van der Waals surface area contributed by atoms with Crippen molar-refractivity contribution in [2.45, 2.75) is 19.4 Å². The number of benzene rings is 2. The molecular weight excluding hydrogens is 349 g/mol. The molecule has 2 amide bonds. The predicted octanol–water partition coefficient (Wildman–Crippen LogP) is 2.91. The highest BCUT2D eigenvalue weighted by atomic mass is 19.1. The van der Waals surface area contributed by atoms with E-state index in [9.17, 15) is 14.0 Å². The van der Waals surface area contributed by atoms with E-state index < -0.39 is 17.8 Å². The van der Waals surface area contributed by atoms with Gasteiger partial charge in [-0.25, -0.2) is 9.07 Å². The van der Waals surface area contributed by atoms with Gasteiger partial charge in [-0.2, -0.15) is 4.98 Å². The summed E-state index contributed by atoms with van der Waals surface area (Å²) in [6, 6.07) is 12.2. The molecule has 0 radical (unpaired) electrons. The van der Waals surface area contributed by atoms with Crippen LogP contribution in [-0.2, 0) is 9.59 Å². The van der Waals surface area contributed by atoms with Crippen molar-refractivity contribution in [2.24, 2.45) is 0 Å². The van der Waals surface area contributed by atoms with E-state index in [1.54, 1.807) is 0 Å². The zero-order valence-electron chi connectivity index (χ0n) is 14.4. The van der Waals surface area contributed by atoms with E-state index in [1.807, 2.05) is 31.2 Å². The largest absolute Gasteiger partial charge is 0.324 e. The van der Waals surface area contributed by atoms with Crippen LogP contribution in [0.5, 0.6) is 0 Å². The minimum absolute atomic E-state index is 0.0588. The Morgan fingerprint density at radius 3 is 2.59 bits per heavy atom. The van der Waals surface area contributed by atoms with Gasteiger partial charge in [-0.1, -0.05) is 29.8 Å². The van der Waals surface area contributed by atoms with Gasteiger partial charge in [0.15, 0.2) is 5.82 Å². The molecule has 2 aromatic carbocycles. The highest BCUT2D eigenvalue weighted by Crippen LogP contribution is 2.27. The molecule has 2 heterocycles. The van der Waals surface area contributed by atoms with Gasteiger partial charge in [-0.05, 0) is 31.2 Å². The molecule has 3 aromatic rings. The molecule has 136 valence electrons. The number of hydrogen-bond donors (Lipinski definition) is 2. The maximum Gasteiger partial charge on any atom is 0.249 e. The van der Waals surface area contributed by atoms with E-state index >= 15 is 0 Å². The van der Waals surface area contributed by atoms with Gasteiger partial charge >= 0.3 is 0 Å². The van der Waals surface area contributed by atoms with Crippen LogP contribution in [0.2, 0.25) is 0 Å². The van der Waals surface area contributed by atoms with Gasteiger partial charge in [0, 0.05) is 11.3 Å². The highest BCUT2D eigenvalue weighted by molar-refractivity contribution is 6.00. The van der Waals surface area contributed by atoms with E-state index in [-0.39, 0.29) is 18.3 Å². The maximum absolute atomic E-state index is 13.0. The summed E-state index contributed by atoms with van der Waals surface area (Å²) in [5.41, 5.74) is 2.33. The molecule has 27 heavy (non-hydrogen) atoms. The normalized spacial score (nSPS) is 15.8. The number of nitrogens with zero attached hydrogens (tertiary/aromatic N) is 3. The van der Waals surface area contributed by atoms with Crippen molar-refractivity contribution >= 4 is 23.5 Å². The Balaban J connectivity index is 1.63. The van der Waals surface area contributed by atoms with Gasteiger partial charge in [-0.3, -0.25) is 14.9 Å². The molecule has 0 unspecified atom stereocenters. The number of hydrogen-bond acceptors (Lipinski definition) is 4. The molecule has 8 heteroatoms.